The Kier molecular flexibility index (Phi) is 4.10. The van der Waals surface area contributed by atoms with Crippen LogP contribution in [0, 0.1) is 11.3 Å². The molecule has 0 radical (unpaired) electrons. The maximum absolute atomic E-state index is 9.33. The zero-order valence-corrected chi connectivity index (χ0v) is 11.0. The van der Waals surface area contributed by atoms with Gasteiger partial charge in [0.2, 0.25) is 0 Å². The van der Waals surface area contributed by atoms with Crippen molar-refractivity contribution in [2.45, 2.75) is 32.1 Å². The van der Waals surface area contributed by atoms with E-state index in [1.54, 1.807) is 12.1 Å². The number of hydrogen-bond acceptors (Lipinski definition) is 1. The lowest BCUT2D eigenvalue weighted by molar-refractivity contribution is 0.601. The van der Waals surface area contributed by atoms with Gasteiger partial charge in [-0.1, -0.05) is 41.3 Å². The summed E-state index contributed by atoms with van der Waals surface area (Å²) in [6.07, 6.45) is 5.64. The van der Waals surface area contributed by atoms with Crippen LogP contribution in [0.5, 0.6) is 0 Å². The average molecular weight is 266 g/mol. The van der Waals surface area contributed by atoms with Crippen LogP contribution in [0.3, 0.4) is 0 Å². The fourth-order valence-corrected chi connectivity index (χ4v) is 2.75. The van der Waals surface area contributed by atoms with Crippen molar-refractivity contribution in [1.29, 1.82) is 5.26 Å². The van der Waals surface area contributed by atoms with E-state index >= 15 is 0 Å². The zero-order valence-electron chi connectivity index (χ0n) is 9.47. The molecule has 1 aromatic carbocycles. The van der Waals surface area contributed by atoms with Crippen molar-refractivity contribution < 1.29 is 0 Å². The molecule has 0 spiro atoms. The van der Waals surface area contributed by atoms with E-state index in [0.717, 1.165) is 24.0 Å². The first-order valence-electron chi connectivity index (χ1n) is 5.80. The Morgan fingerprint density at radius 3 is 2.41 bits per heavy atom. The Morgan fingerprint density at radius 2 is 1.82 bits per heavy atom. The third-order valence-corrected chi connectivity index (χ3v) is 3.67. The van der Waals surface area contributed by atoms with E-state index in [4.69, 9.17) is 23.2 Å². The molecule has 1 saturated carbocycles. The third kappa shape index (κ3) is 2.83. The van der Waals surface area contributed by atoms with Gasteiger partial charge in [0.25, 0.3) is 0 Å². The van der Waals surface area contributed by atoms with Gasteiger partial charge in [-0.3, -0.25) is 0 Å². The SMILES string of the molecule is N#CC(=C1CCCCC1)c1ccc(Cl)cc1Cl. The summed E-state index contributed by atoms with van der Waals surface area (Å²) in [6.45, 7) is 0. The van der Waals surface area contributed by atoms with Crippen LogP contribution < -0.4 is 0 Å². The number of hydrogen-bond donors (Lipinski definition) is 0. The highest BCUT2D eigenvalue weighted by atomic mass is 35.5. The smallest absolute Gasteiger partial charge is 0.0998 e. The summed E-state index contributed by atoms with van der Waals surface area (Å²) in [5, 5.41) is 10.5. The Balaban J connectivity index is 2.45. The van der Waals surface area contributed by atoms with Gasteiger partial charge in [0.05, 0.1) is 16.7 Å². The molecule has 0 heterocycles. The lowest BCUT2D eigenvalue weighted by atomic mass is 9.89. The number of rotatable bonds is 1. The van der Waals surface area contributed by atoms with E-state index in [1.165, 1.54) is 24.8 Å². The largest absolute Gasteiger partial charge is 0.192 e. The van der Waals surface area contributed by atoms with E-state index in [9.17, 15) is 5.26 Å². The minimum absolute atomic E-state index is 0.562. The van der Waals surface area contributed by atoms with Crippen LogP contribution >= 0.6 is 23.2 Å². The number of nitrogens with zero attached hydrogens (tertiary/aromatic N) is 1. The molecule has 0 bridgehead atoms. The number of benzene rings is 1. The topological polar surface area (TPSA) is 23.8 Å². The van der Waals surface area contributed by atoms with Crippen LogP contribution in [0.2, 0.25) is 10.0 Å². The number of nitriles is 1. The Bertz CT molecular complexity index is 489. The van der Waals surface area contributed by atoms with Crippen LogP contribution in [0.1, 0.15) is 37.7 Å². The van der Waals surface area contributed by atoms with Crippen LogP contribution in [-0.2, 0) is 0 Å². The van der Waals surface area contributed by atoms with Crippen molar-refractivity contribution >= 4 is 28.8 Å². The molecule has 3 heteroatoms. The average Bonchev–Trinajstić information content (AvgIpc) is 2.34. The summed E-state index contributed by atoms with van der Waals surface area (Å²) in [5.41, 5.74) is 2.80. The van der Waals surface area contributed by atoms with Gasteiger partial charge in [-0.25, -0.2) is 0 Å². The summed E-state index contributed by atoms with van der Waals surface area (Å²) in [5.74, 6) is 0. The van der Waals surface area contributed by atoms with E-state index in [1.807, 2.05) is 6.07 Å². The molecule has 0 amide bonds. The zero-order chi connectivity index (χ0) is 12.3. The molecule has 0 N–H and O–H groups in total. The summed E-state index contributed by atoms with van der Waals surface area (Å²) < 4.78 is 0. The predicted octanol–water partition coefficient (Wildman–Crippen LogP) is 5.23. The third-order valence-electron chi connectivity index (χ3n) is 3.12. The molecule has 1 aliphatic rings. The molecule has 17 heavy (non-hydrogen) atoms. The lowest BCUT2D eigenvalue weighted by Gasteiger charge is -2.16. The first kappa shape index (κ1) is 12.5. The molecular formula is C14H13Cl2N. The normalized spacial score (nSPS) is 15.5. The van der Waals surface area contributed by atoms with Crippen LogP contribution in [0.25, 0.3) is 5.57 Å². The highest BCUT2D eigenvalue weighted by molar-refractivity contribution is 6.35. The van der Waals surface area contributed by atoms with Crippen molar-refractivity contribution in [1.82, 2.24) is 0 Å². The first-order valence-corrected chi connectivity index (χ1v) is 6.55. The second-order valence-corrected chi connectivity index (χ2v) is 5.12. The minimum atomic E-state index is 0.562. The first-order chi connectivity index (χ1) is 8.22. The van der Waals surface area contributed by atoms with Gasteiger partial charge in [-0.05, 0) is 37.8 Å². The Morgan fingerprint density at radius 1 is 1.12 bits per heavy atom. The van der Waals surface area contributed by atoms with Crippen LogP contribution in [-0.4, -0.2) is 0 Å². The van der Waals surface area contributed by atoms with E-state index < -0.39 is 0 Å². The summed E-state index contributed by atoms with van der Waals surface area (Å²) in [7, 11) is 0. The van der Waals surface area contributed by atoms with Crippen LogP contribution in [0.15, 0.2) is 23.8 Å². The number of allylic oxidation sites excluding steroid dienone is 2. The van der Waals surface area contributed by atoms with Crippen molar-refractivity contribution in [2.75, 3.05) is 0 Å². The Hall–Kier alpha value is -0.970. The second-order valence-electron chi connectivity index (χ2n) is 4.28. The van der Waals surface area contributed by atoms with Gasteiger partial charge in [0, 0.05) is 10.6 Å². The van der Waals surface area contributed by atoms with Crippen molar-refractivity contribution in [2.24, 2.45) is 0 Å². The van der Waals surface area contributed by atoms with E-state index in [2.05, 4.69) is 6.07 Å². The van der Waals surface area contributed by atoms with Gasteiger partial charge in [0.15, 0.2) is 0 Å². The summed E-state index contributed by atoms with van der Waals surface area (Å²) in [4.78, 5) is 0. The molecule has 0 atom stereocenters. The predicted molar refractivity (Wildman–Crippen MR) is 72.1 cm³/mol. The monoisotopic (exact) mass is 265 g/mol. The number of halogens is 2. The van der Waals surface area contributed by atoms with Gasteiger partial charge in [-0.15, -0.1) is 0 Å². The van der Waals surface area contributed by atoms with E-state index in [-0.39, 0.29) is 0 Å². The Labute approximate surface area is 112 Å². The van der Waals surface area contributed by atoms with Gasteiger partial charge >= 0.3 is 0 Å². The molecule has 1 aromatic rings. The molecular weight excluding hydrogens is 253 g/mol. The minimum Gasteiger partial charge on any atom is -0.192 e. The fourth-order valence-electron chi connectivity index (χ4n) is 2.25. The van der Waals surface area contributed by atoms with Gasteiger partial charge < -0.3 is 0 Å². The molecule has 1 aliphatic carbocycles. The maximum atomic E-state index is 9.33. The molecule has 0 saturated heterocycles. The standard InChI is InChI=1S/C14H13Cl2N/c15-11-6-7-12(14(16)8-11)13(9-17)10-4-2-1-3-5-10/h6-8H,1-5H2. The molecule has 0 aliphatic heterocycles. The van der Waals surface area contributed by atoms with E-state index in [0.29, 0.717) is 10.0 Å². The van der Waals surface area contributed by atoms with Crippen LogP contribution in [0.4, 0.5) is 0 Å². The highest BCUT2D eigenvalue weighted by Crippen LogP contribution is 2.34. The fraction of sp³-hybridized carbons (Fsp3) is 0.357. The van der Waals surface area contributed by atoms with Gasteiger partial charge in [-0.2, -0.15) is 5.26 Å². The molecule has 1 fully saturated rings. The molecule has 0 unspecified atom stereocenters. The lowest BCUT2D eigenvalue weighted by Crippen LogP contribution is -1.98. The summed E-state index contributed by atoms with van der Waals surface area (Å²) >= 11 is 12.0. The van der Waals surface area contributed by atoms with Gasteiger partial charge in [0.1, 0.15) is 0 Å². The second kappa shape index (κ2) is 5.58. The molecule has 88 valence electrons. The van der Waals surface area contributed by atoms with Crippen molar-refractivity contribution in [3.05, 3.63) is 39.4 Å². The summed E-state index contributed by atoms with van der Waals surface area (Å²) in [6, 6.07) is 7.61. The van der Waals surface area contributed by atoms with Crippen molar-refractivity contribution in [3.63, 3.8) is 0 Å². The quantitative estimate of drug-likeness (QED) is 0.638. The van der Waals surface area contributed by atoms with Crippen molar-refractivity contribution in [3.8, 4) is 6.07 Å². The molecule has 0 aromatic heterocycles. The highest BCUT2D eigenvalue weighted by Gasteiger charge is 2.15. The maximum Gasteiger partial charge on any atom is 0.0998 e. The molecule has 1 nitrogen and oxygen atoms in total. The molecule has 2 rings (SSSR count).